The number of nitrogens with zero attached hydrogens (tertiary/aromatic N) is 1. The van der Waals surface area contributed by atoms with E-state index in [2.05, 4.69) is 15.0 Å². The molecule has 5 heteroatoms. The summed E-state index contributed by atoms with van der Waals surface area (Å²) in [6.07, 6.45) is 0. The molecule has 1 amide bonds. The Labute approximate surface area is 74.7 Å². The van der Waals surface area contributed by atoms with Gasteiger partial charge in [-0.25, -0.2) is 4.98 Å². The van der Waals surface area contributed by atoms with Gasteiger partial charge in [-0.1, -0.05) is 6.07 Å². The van der Waals surface area contributed by atoms with E-state index >= 15 is 0 Å². The van der Waals surface area contributed by atoms with Crippen LogP contribution in [0.25, 0.3) is 0 Å². The summed E-state index contributed by atoms with van der Waals surface area (Å²) in [5.41, 5.74) is 0. The van der Waals surface area contributed by atoms with E-state index < -0.39 is 5.95 Å². The summed E-state index contributed by atoms with van der Waals surface area (Å²) in [6, 6.07) is 4.16. The Hall–Kier alpha value is -1.49. The zero-order valence-electron chi connectivity index (χ0n) is 7.08. The van der Waals surface area contributed by atoms with Crippen molar-refractivity contribution in [2.45, 2.75) is 0 Å². The minimum absolute atomic E-state index is 0.0712. The van der Waals surface area contributed by atoms with Crippen molar-refractivity contribution in [3.05, 3.63) is 24.1 Å². The molecule has 13 heavy (non-hydrogen) atoms. The Balaban J connectivity index is 2.58. The van der Waals surface area contributed by atoms with Crippen LogP contribution in [0.15, 0.2) is 18.2 Å². The van der Waals surface area contributed by atoms with Crippen LogP contribution < -0.4 is 5.32 Å². The van der Waals surface area contributed by atoms with Crippen LogP contribution in [0.3, 0.4) is 0 Å². The van der Waals surface area contributed by atoms with E-state index in [9.17, 15) is 9.18 Å². The monoisotopic (exact) mass is 184 g/mol. The van der Waals surface area contributed by atoms with Gasteiger partial charge in [-0.15, -0.1) is 0 Å². The molecule has 1 aromatic rings. The molecule has 1 N–H and O–H groups in total. The number of halogens is 1. The number of rotatable bonds is 3. The molecule has 0 spiro atoms. The SMILES string of the molecule is COCC(=O)Nc1cccc(F)n1. The van der Waals surface area contributed by atoms with Gasteiger partial charge < -0.3 is 10.1 Å². The first-order valence-corrected chi connectivity index (χ1v) is 3.63. The maximum atomic E-state index is 12.5. The molecule has 0 saturated heterocycles. The van der Waals surface area contributed by atoms with Gasteiger partial charge in [0.25, 0.3) is 5.91 Å². The summed E-state index contributed by atoms with van der Waals surface area (Å²) < 4.78 is 17.1. The number of aromatic nitrogens is 1. The molecule has 4 nitrogen and oxygen atoms in total. The van der Waals surface area contributed by atoms with Gasteiger partial charge in [-0.2, -0.15) is 4.39 Å². The number of ether oxygens (including phenoxy) is 1. The van der Waals surface area contributed by atoms with Crippen molar-refractivity contribution in [1.29, 1.82) is 0 Å². The molecule has 1 rings (SSSR count). The Morgan fingerprint density at radius 3 is 3.08 bits per heavy atom. The lowest BCUT2D eigenvalue weighted by Gasteiger charge is -2.02. The predicted molar refractivity (Wildman–Crippen MR) is 44.7 cm³/mol. The first-order chi connectivity index (χ1) is 6.22. The van der Waals surface area contributed by atoms with E-state index in [-0.39, 0.29) is 18.3 Å². The number of pyridine rings is 1. The van der Waals surface area contributed by atoms with Crippen LogP contribution in [0, 0.1) is 5.95 Å². The average Bonchev–Trinajstić information content (AvgIpc) is 2.04. The predicted octanol–water partition coefficient (Wildman–Crippen LogP) is 0.806. The summed E-state index contributed by atoms with van der Waals surface area (Å²) in [7, 11) is 1.40. The standard InChI is InChI=1S/C8H9FN2O2/c1-13-5-8(12)11-7-4-2-3-6(9)10-7/h2-4H,5H2,1H3,(H,10,11,12). The van der Waals surface area contributed by atoms with Gasteiger partial charge in [0.2, 0.25) is 5.95 Å². The molecule has 0 aliphatic rings. The molecule has 0 aromatic carbocycles. The zero-order valence-corrected chi connectivity index (χ0v) is 7.08. The first-order valence-electron chi connectivity index (χ1n) is 3.63. The van der Waals surface area contributed by atoms with Gasteiger partial charge in [0.1, 0.15) is 12.4 Å². The molecule has 0 aliphatic heterocycles. The second-order valence-electron chi connectivity index (χ2n) is 2.33. The highest BCUT2D eigenvalue weighted by atomic mass is 19.1. The van der Waals surface area contributed by atoms with Gasteiger partial charge in [0, 0.05) is 7.11 Å². The van der Waals surface area contributed by atoms with Crippen LogP contribution in [-0.4, -0.2) is 24.6 Å². The van der Waals surface area contributed by atoms with E-state index in [1.165, 1.54) is 25.3 Å². The molecule has 0 saturated carbocycles. The van der Waals surface area contributed by atoms with Gasteiger partial charge >= 0.3 is 0 Å². The summed E-state index contributed by atoms with van der Waals surface area (Å²) in [4.78, 5) is 14.4. The molecule has 0 bridgehead atoms. The molecule has 70 valence electrons. The summed E-state index contributed by atoms with van der Waals surface area (Å²) in [6.45, 7) is -0.0712. The van der Waals surface area contributed by atoms with Crippen molar-refractivity contribution < 1.29 is 13.9 Å². The second kappa shape index (κ2) is 4.51. The Morgan fingerprint density at radius 1 is 1.69 bits per heavy atom. The fourth-order valence-corrected chi connectivity index (χ4v) is 0.788. The number of hydrogen-bond acceptors (Lipinski definition) is 3. The fraction of sp³-hybridized carbons (Fsp3) is 0.250. The highest BCUT2D eigenvalue weighted by molar-refractivity contribution is 5.90. The molecule has 0 aliphatic carbocycles. The quantitative estimate of drug-likeness (QED) is 0.707. The first kappa shape index (κ1) is 9.60. The third kappa shape index (κ3) is 3.16. The number of carbonyl (C=O) groups excluding carboxylic acids is 1. The van der Waals surface area contributed by atoms with Crippen LogP contribution in [-0.2, 0) is 9.53 Å². The largest absolute Gasteiger partial charge is 0.375 e. The summed E-state index contributed by atoms with van der Waals surface area (Å²) >= 11 is 0. The van der Waals surface area contributed by atoms with Crippen molar-refractivity contribution in [2.24, 2.45) is 0 Å². The van der Waals surface area contributed by atoms with E-state index in [1.54, 1.807) is 0 Å². The van der Waals surface area contributed by atoms with Crippen LogP contribution in [0.5, 0.6) is 0 Å². The van der Waals surface area contributed by atoms with Crippen LogP contribution in [0.1, 0.15) is 0 Å². The Kier molecular flexibility index (Phi) is 3.33. The van der Waals surface area contributed by atoms with E-state index in [4.69, 9.17) is 0 Å². The van der Waals surface area contributed by atoms with Crippen molar-refractivity contribution in [2.75, 3.05) is 19.0 Å². The normalized spacial score (nSPS) is 9.69. The Bertz CT molecular complexity index is 304. The highest BCUT2D eigenvalue weighted by Gasteiger charge is 2.02. The maximum Gasteiger partial charge on any atom is 0.251 e. The number of amides is 1. The highest BCUT2D eigenvalue weighted by Crippen LogP contribution is 2.02. The van der Waals surface area contributed by atoms with E-state index in [1.807, 2.05) is 0 Å². The number of carbonyl (C=O) groups is 1. The lowest BCUT2D eigenvalue weighted by Crippen LogP contribution is -2.17. The number of hydrogen-bond donors (Lipinski definition) is 1. The Morgan fingerprint density at radius 2 is 2.46 bits per heavy atom. The molecule has 0 unspecified atom stereocenters. The third-order valence-electron chi connectivity index (χ3n) is 1.26. The fourth-order valence-electron chi connectivity index (χ4n) is 0.788. The molecule has 1 aromatic heterocycles. The smallest absolute Gasteiger partial charge is 0.251 e. The lowest BCUT2D eigenvalue weighted by molar-refractivity contribution is -0.119. The molecule has 1 heterocycles. The van der Waals surface area contributed by atoms with Crippen molar-refractivity contribution in [1.82, 2.24) is 4.98 Å². The molecular weight excluding hydrogens is 175 g/mol. The van der Waals surface area contributed by atoms with Crippen molar-refractivity contribution >= 4 is 11.7 Å². The minimum Gasteiger partial charge on any atom is -0.375 e. The van der Waals surface area contributed by atoms with E-state index in [0.29, 0.717) is 0 Å². The third-order valence-corrected chi connectivity index (χ3v) is 1.26. The average molecular weight is 184 g/mol. The molecule has 0 radical (unpaired) electrons. The van der Waals surface area contributed by atoms with Gasteiger partial charge in [-0.05, 0) is 12.1 Å². The molecule has 0 fully saturated rings. The van der Waals surface area contributed by atoms with Gasteiger partial charge in [0.05, 0.1) is 0 Å². The number of anilines is 1. The second-order valence-corrected chi connectivity index (χ2v) is 2.33. The zero-order chi connectivity index (χ0) is 9.68. The van der Waals surface area contributed by atoms with Gasteiger partial charge in [0.15, 0.2) is 0 Å². The van der Waals surface area contributed by atoms with Crippen LogP contribution >= 0.6 is 0 Å². The summed E-state index contributed by atoms with van der Waals surface area (Å²) in [5, 5.41) is 2.37. The number of methoxy groups -OCH3 is 1. The summed E-state index contributed by atoms with van der Waals surface area (Å²) in [5.74, 6) is -0.808. The van der Waals surface area contributed by atoms with Crippen molar-refractivity contribution in [3.63, 3.8) is 0 Å². The number of nitrogens with one attached hydrogen (secondary N) is 1. The van der Waals surface area contributed by atoms with Gasteiger partial charge in [-0.3, -0.25) is 4.79 Å². The van der Waals surface area contributed by atoms with Crippen LogP contribution in [0.4, 0.5) is 10.2 Å². The van der Waals surface area contributed by atoms with Crippen LogP contribution in [0.2, 0.25) is 0 Å². The topological polar surface area (TPSA) is 51.2 Å². The van der Waals surface area contributed by atoms with Crippen molar-refractivity contribution in [3.8, 4) is 0 Å². The molecule has 0 atom stereocenters. The maximum absolute atomic E-state index is 12.5. The lowest BCUT2D eigenvalue weighted by atomic mass is 10.4. The minimum atomic E-state index is -0.629. The van der Waals surface area contributed by atoms with E-state index in [0.717, 1.165) is 0 Å². The molecular formula is C8H9FN2O2.